The van der Waals surface area contributed by atoms with Gasteiger partial charge in [-0.05, 0) is 37.5 Å². The number of nitrogens with two attached hydrogens (primary N) is 1. The molecule has 2 aromatic rings. The summed E-state index contributed by atoms with van der Waals surface area (Å²) in [5.41, 5.74) is 9.88. The lowest BCUT2D eigenvalue weighted by atomic mass is 9.75. The van der Waals surface area contributed by atoms with Crippen LogP contribution in [0.2, 0.25) is 0 Å². The molecule has 2 N–H and O–H groups in total. The molecule has 5 nitrogen and oxygen atoms in total. The predicted molar refractivity (Wildman–Crippen MR) is 86.2 cm³/mol. The zero-order chi connectivity index (χ0) is 15.2. The maximum absolute atomic E-state index is 6.24. The Bertz CT molecular complexity index is 639. The molecule has 1 saturated carbocycles. The fourth-order valence-electron chi connectivity index (χ4n) is 3.63. The number of hydrogen-bond donors (Lipinski definition) is 1. The SMILES string of the molecule is CCCc1nn(C)c2c1nc(N)n2C1CCC(C)(C)CC1. The molecule has 0 atom stereocenters. The lowest BCUT2D eigenvalue weighted by molar-refractivity contribution is 0.196. The number of hydrogen-bond acceptors (Lipinski definition) is 3. The molecule has 116 valence electrons. The highest BCUT2D eigenvalue weighted by molar-refractivity contribution is 5.78. The smallest absolute Gasteiger partial charge is 0.202 e. The van der Waals surface area contributed by atoms with Crippen molar-refractivity contribution >= 4 is 17.1 Å². The van der Waals surface area contributed by atoms with Gasteiger partial charge in [-0.15, -0.1) is 0 Å². The Morgan fingerprint density at radius 1 is 1.29 bits per heavy atom. The summed E-state index contributed by atoms with van der Waals surface area (Å²) >= 11 is 0. The molecule has 1 aliphatic rings. The van der Waals surface area contributed by atoms with Crippen molar-refractivity contribution in [2.75, 3.05) is 5.73 Å². The van der Waals surface area contributed by atoms with E-state index in [1.165, 1.54) is 25.7 Å². The number of fused-ring (bicyclic) bond motifs is 1. The van der Waals surface area contributed by atoms with Gasteiger partial charge >= 0.3 is 0 Å². The van der Waals surface area contributed by atoms with Gasteiger partial charge in [-0.3, -0.25) is 9.25 Å². The second-order valence-electron chi connectivity index (χ2n) is 7.23. The maximum atomic E-state index is 6.24. The van der Waals surface area contributed by atoms with Gasteiger partial charge in [0, 0.05) is 13.1 Å². The van der Waals surface area contributed by atoms with Gasteiger partial charge < -0.3 is 5.73 Å². The summed E-state index contributed by atoms with van der Waals surface area (Å²) in [6, 6.07) is 0.466. The monoisotopic (exact) mass is 289 g/mol. The van der Waals surface area contributed by atoms with Crippen molar-refractivity contribution in [3.8, 4) is 0 Å². The van der Waals surface area contributed by atoms with Crippen LogP contribution in [-0.2, 0) is 13.5 Å². The molecular weight excluding hydrogens is 262 g/mol. The number of aromatic nitrogens is 4. The molecule has 3 rings (SSSR count). The normalized spacial score (nSPS) is 19.4. The van der Waals surface area contributed by atoms with E-state index >= 15 is 0 Å². The minimum Gasteiger partial charge on any atom is -0.369 e. The van der Waals surface area contributed by atoms with Gasteiger partial charge in [0.2, 0.25) is 5.95 Å². The first-order valence-electron chi connectivity index (χ1n) is 8.12. The lowest BCUT2D eigenvalue weighted by Crippen LogP contribution is -2.24. The van der Waals surface area contributed by atoms with Crippen LogP contribution in [0, 0.1) is 5.41 Å². The van der Waals surface area contributed by atoms with Gasteiger partial charge in [0.25, 0.3) is 0 Å². The minimum atomic E-state index is 0.463. The van der Waals surface area contributed by atoms with E-state index in [1.54, 1.807) is 0 Å². The van der Waals surface area contributed by atoms with E-state index in [9.17, 15) is 0 Å². The van der Waals surface area contributed by atoms with Crippen LogP contribution in [0.15, 0.2) is 0 Å². The number of imidazole rings is 1. The summed E-state index contributed by atoms with van der Waals surface area (Å²) in [6.07, 6.45) is 6.89. The highest BCUT2D eigenvalue weighted by Crippen LogP contribution is 2.42. The van der Waals surface area contributed by atoms with Crippen LogP contribution in [0.4, 0.5) is 5.95 Å². The van der Waals surface area contributed by atoms with Gasteiger partial charge in [-0.2, -0.15) is 5.10 Å². The predicted octanol–water partition coefficient (Wildman–Crippen LogP) is 3.45. The summed E-state index contributed by atoms with van der Waals surface area (Å²) in [5, 5.41) is 4.64. The molecule has 0 unspecified atom stereocenters. The van der Waals surface area contributed by atoms with Crippen molar-refractivity contribution < 1.29 is 0 Å². The van der Waals surface area contributed by atoms with Crippen molar-refractivity contribution in [1.29, 1.82) is 0 Å². The molecule has 21 heavy (non-hydrogen) atoms. The minimum absolute atomic E-state index is 0.463. The van der Waals surface area contributed by atoms with Gasteiger partial charge in [0.05, 0.1) is 5.69 Å². The van der Waals surface area contributed by atoms with E-state index < -0.39 is 0 Å². The number of rotatable bonds is 3. The molecule has 0 aromatic carbocycles. The zero-order valence-corrected chi connectivity index (χ0v) is 13.7. The van der Waals surface area contributed by atoms with Crippen molar-refractivity contribution in [2.45, 2.75) is 65.3 Å². The van der Waals surface area contributed by atoms with Crippen LogP contribution in [0.5, 0.6) is 0 Å². The molecule has 0 spiro atoms. The molecule has 1 aliphatic carbocycles. The van der Waals surface area contributed by atoms with Gasteiger partial charge in [-0.25, -0.2) is 4.98 Å². The molecule has 0 radical (unpaired) electrons. The number of nitrogens with zero attached hydrogens (tertiary/aromatic N) is 4. The van der Waals surface area contributed by atoms with Crippen molar-refractivity contribution in [1.82, 2.24) is 19.3 Å². The average Bonchev–Trinajstić information content (AvgIpc) is 2.89. The molecule has 2 aromatic heterocycles. The summed E-state index contributed by atoms with van der Waals surface area (Å²) in [5.74, 6) is 0.653. The Balaban J connectivity index is 2.01. The first kappa shape index (κ1) is 14.4. The first-order chi connectivity index (χ1) is 9.93. The van der Waals surface area contributed by atoms with Crippen LogP contribution in [-0.4, -0.2) is 19.3 Å². The van der Waals surface area contributed by atoms with Crippen molar-refractivity contribution in [3.05, 3.63) is 5.69 Å². The van der Waals surface area contributed by atoms with Gasteiger partial charge in [-0.1, -0.05) is 27.2 Å². The van der Waals surface area contributed by atoms with Crippen LogP contribution in [0.1, 0.15) is 64.6 Å². The molecular formula is C16H27N5. The summed E-state index contributed by atoms with van der Waals surface area (Å²) < 4.78 is 4.19. The zero-order valence-electron chi connectivity index (χ0n) is 13.7. The number of nitrogen functional groups attached to an aromatic ring is 1. The Labute approximate surface area is 126 Å². The topological polar surface area (TPSA) is 61.7 Å². The van der Waals surface area contributed by atoms with E-state index in [0.29, 0.717) is 17.4 Å². The molecule has 0 bridgehead atoms. The summed E-state index contributed by atoms with van der Waals surface area (Å²) in [7, 11) is 2.01. The van der Waals surface area contributed by atoms with Gasteiger partial charge in [0.15, 0.2) is 5.65 Å². The van der Waals surface area contributed by atoms with E-state index in [4.69, 9.17) is 5.73 Å². The quantitative estimate of drug-likeness (QED) is 0.941. The molecule has 0 amide bonds. The lowest BCUT2D eigenvalue weighted by Gasteiger charge is -2.35. The van der Waals surface area contributed by atoms with Crippen molar-refractivity contribution in [2.24, 2.45) is 12.5 Å². The van der Waals surface area contributed by atoms with Crippen LogP contribution < -0.4 is 5.73 Å². The Morgan fingerprint density at radius 2 is 1.95 bits per heavy atom. The van der Waals surface area contributed by atoms with E-state index in [2.05, 4.69) is 35.4 Å². The second-order valence-corrected chi connectivity index (χ2v) is 7.23. The fourth-order valence-corrected chi connectivity index (χ4v) is 3.63. The molecule has 0 aliphatic heterocycles. The number of aryl methyl sites for hydroxylation is 2. The van der Waals surface area contributed by atoms with Gasteiger partial charge in [0.1, 0.15) is 5.52 Å². The van der Waals surface area contributed by atoms with E-state index in [-0.39, 0.29) is 0 Å². The molecule has 1 fully saturated rings. The largest absolute Gasteiger partial charge is 0.369 e. The fraction of sp³-hybridized carbons (Fsp3) is 0.750. The highest BCUT2D eigenvalue weighted by atomic mass is 15.4. The third-order valence-corrected chi connectivity index (χ3v) is 4.92. The van der Waals surface area contributed by atoms with E-state index in [0.717, 1.165) is 29.7 Å². The highest BCUT2D eigenvalue weighted by Gasteiger charge is 2.30. The maximum Gasteiger partial charge on any atom is 0.202 e. The van der Waals surface area contributed by atoms with E-state index in [1.807, 2.05) is 11.7 Å². The first-order valence-corrected chi connectivity index (χ1v) is 8.12. The molecule has 2 heterocycles. The van der Waals surface area contributed by atoms with Crippen LogP contribution in [0.25, 0.3) is 11.2 Å². The van der Waals surface area contributed by atoms with Crippen LogP contribution in [0.3, 0.4) is 0 Å². The Hall–Kier alpha value is -1.52. The Morgan fingerprint density at radius 3 is 2.57 bits per heavy atom. The molecule has 0 saturated heterocycles. The van der Waals surface area contributed by atoms with Crippen LogP contribution >= 0.6 is 0 Å². The average molecular weight is 289 g/mol. The number of anilines is 1. The summed E-state index contributed by atoms with van der Waals surface area (Å²) in [4.78, 5) is 4.62. The third kappa shape index (κ3) is 2.43. The summed E-state index contributed by atoms with van der Waals surface area (Å²) in [6.45, 7) is 6.89. The Kier molecular flexibility index (Phi) is 3.46. The standard InChI is InChI=1S/C16H27N5/c1-5-6-12-13-14(20(4)19-12)21(15(17)18-13)11-7-9-16(2,3)10-8-11/h11H,5-10H2,1-4H3,(H2,17,18). The third-order valence-electron chi connectivity index (χ3n) is 4.92. The second kappa shape index (κ2) is 5.04. The van der Waals surface area contributed by atoms with Crippen molar-refractivity contribution in [3.63, 3.8) is 0 Å². The molecule has 5 heteroatoms.